The van der Waals surface area contributed by atoms with Crippen molar-refractivity contribution in [2.75, 3.05) is 11.1 Å². The smallest absolute Gasteiger partial charge is 0.240 e. The lowest BCUT2D eigenvalue weighted by atomic mass is 10.1. The molecule has 0 aliphatic rings. The van der Waals surface area contributed by atoms with Gasteiger partial charge in [0.15, 0.2) is 0 Å². The van der Waals surface area contributed by atoms with Crippen molar-refractivity contribution in [3.8, 4) is 0 Å². The summed E-state index contributed by atoms with van der Waals surface area (Å²) in [5, 5.41) is 8.39. The summed E-state index contributed by atoms with van der Waals surface area (Å²) in [6, 6.07) is 12.3. The number of nitrogens with one attached hydrogen (secondary N) is 1. The lowest BCUT2D eigenvalue weighted by molar-refractivity contribution is 0.598. The third-order valence-corrected chi connectivity index (χ3v) is 4.48. The van der Waals surface area contributed by atoms with Gasteiger partial charge in [-0.1, -0.05) is 28.1 Å². The van der Waals surface area contributed by atoms with Gasteiger partial charge in [0.2, 0.25) is 10.0 Å². The third-order valence-electron chi connectivity index (χ3n) is 3.03. The van der Waals surface area contributed by atoms with E-state index in [1.807, 2.05) is 31.2 Å². The van der Waals surface area contributed by atoms with E-state index in [0.717, 1.165) is 10.0 Å². The summed E-state index contributed by atoms with van der Waals surface area (Å²) in [6.45, 7) is 1.94. The number of halogens is 1. The van der Waals surface area contributed by atoms with Crippen LogP contribution in [-0.2, 0) is 10.0 Å². The first-order chi connectivity index (χ1) is 9.77. The van der Waals surface area contributed by atoms with Gasteiger partial charge in [0.05, 0.1) is 5.69 Å². The summed E-state index contributed by atoms with van der Waals surface area (Å²) < 4.78 is 24.3. The van der Waals surface area contributed by atoms with E-state index in [-0.39, 0.29) is 10.9 Å². The van der Waals surface area contributed by atoms with E-state index in [2.05, 4.69) is 21.2 Å². The lowest BCUT2D eigenvalue weighted by Gasteiger charge is -2.18. The van der Waals surface area contributed by atoms with Crippen LogP contribution in [0.3, 0.4) is 0 Å². The van der Waals surface area contributed by atoms with Gasteiger partial charge in [-0.25, -0.2) is 13.6 Å². The predicted octanol–water partition coefficient (Wildman–Crippen LogP) is 2.85. The minimum atomic E-state index is -3.84. The fraction of sp³-hybridized carbons (Fsp3) is 0.143. The highest BCUT2D eigenvalue weighted by Gasteiger charge is 2.16. The van der Waals surface area contributed by atoms with Crippen LogP contribution in [0.25, 0.3) is 0 Å². The molecule has 0 fully saturated rings. The second kappa shape index (κ2) is 6.05. The normalized spacial score (nSPS) is 12.9. The van der Waals surface area contributed by atoms with Gasteiger partial charge in [0.25, 0.3) is 0 Å². The number of nitrogen functional groups attached to an aromatic ring is 1. The Morgan fingerprint density at radius 2 is 1.90 bits per heavy atom. The molecule has 5 N–H and O–H groups in total. The molecule has 0 saturated heterocycles. The number of hydrogen-bond acceptors (Lipinski definition) is 4. The quantitative estimate of drug-likeness (QED) is 0.721. The average molecular weight is 370 g/mol. The van der Waals surface area contributed by atoms with Crippen LogP contribution in [0.5, 0.6) is 0 Å². The Bertz CT molecular complexity index is 763. The molecule has 1 unspecified atom stereocenters. The Morgan fingerprint density at radius 3 is 2.52 bits per heavy atom. The summed E-state index contributed by atoms with van der Waals surface area (Å²) in [5.41, 5.74) is 7.42. The van der Waals surface area contributed by atoms with Gasteiger partial charge >= 0.3 is 0 Å². The standard InChI is InChI=1S/C14H16BrN3O2S/c1-9(10-3-2-4-11(15)7-10)18-13-6-5-12(16)8-14(13)21(17,19)20/h2-9,18H,16H2,1H3,(H2,17,19,20). The molecule has 0 aliphatic heterocycles. The summed E-state index contributed by atoms with van der Waals surface area (Å²) in [5.74, 6) is 0. The summed E-state index contributed by atoms with van der Waals surface area (Å²) in [7, 11) is -3.84. The summed E-state index contributed by atoms with van der Waals surface area (Å²) in [4.78, 5) is -0.00986. The first kappa shape index (κ1) is 15.8. The van der Waals surface area contributed by atoms with Gasteiger partial charge in [-0.15, -0.1) is 0 Å². The van der Waals surface area contributed by atoms with Gasteiger partial charge in [-0.3, -0.25) is 0 Å². The molecule has 0 saturated carbocycles. The lowest BCUT2D eigenvalue weighted by Crippen LogP contribution is -2.16. The van der Waals surface area contributed by atoms with Crippen molar-refractivity contribution in [3.05, 3.63) is 52.5 Å². The highest BCUT2D eigenvalue weighted by atomic mass is 79.9. The molecule has 7 heteroatoms. The van der Waals surface area contributed by atoms with Crippen molar-refractivity contribution in [1.82, 2.24) is 0 Å². The zero-order valence-corrected chi connectivity index (χ0v) is 13.8. The van der Waals surface area contributed by atoms with Crippen LogP contribution in [0.15, 0.2) is 51.8 Å². The Kier molecular flexibility index (Phi) is 4.55. The van der Waals surface area contributed by atoms with Gasteiger partial charge in [0, 0.05) is 16.2 Å². The van der Waals surface area contributed by atoms with Crippen LogP contribution in [0.2, 0.25) is 0 Å². The maximum absolute atomic E-state index is 11.7. The van der Waals surface area contributed by atoms with E-state index in [4.69, 9.17) is 10.9 Å². The van der Waals surface area contributed by atoms with Crippen molar-refractivity contribution in [1.29, 1.82) is 0 Å². The average Bonchev–Trinajstić information content (AvgIpc) is 2.39. The highest BCUT2D eigenvalue weighted by molar-refractivity contribution is 9.10. The van der Waals surface area contributed by atoms with E-state index in [9.17, 15) is 8.42 Å². The molecular weight excluding hydrogens is 354 g/mol. The van der Waals surface area contributed by atoms with E-state index in [1.54, 1.807) is 12.1 Å². The number of hydrogen-bond donors (Lipinski definition) is 3. The number of rotatable bonds is 4. The number of sulfonamides is 1. The van der Waals surface area contributed by atoms with E-state index >= 15 is 0 Å². The maximum atomic E-state index is 11.7. The molecule has 21 heavy (non-hydrogen) atoms. The first-order valence-corrected chi connectivity index (χ1v) is 8.55. The molecule has 0 amide bonds. The number of benzene rings is 2. The summed E-state index contributed by atoms with van der Waals surface area (Å²) in [6.07, 6.45) is 0. The molecule has 0 aromatic heterocycles. The zero-order chi connectivity index (χ0) is 15.6. The molecule has 0 spiro atoms. The molecule has 112 valence electrons. The molecule has 0 heterocycles. The SMILES string of the molecule is CC(Nc1ccc(N)cc1S(N)(=O)=O)c1cccc(Br)c1. The van der Waals surface area contributed by atoms with Crippen LogP contribution in [0.1, 0.15) is 18.5 Å². The summed E-state index contributed by atoms with van der Waals surface area (Å²) >= 11 is 3.41. The number of primary sulfonamides is 1. The van der Waals surface area contributed by atoms with Gasteiger partial charge in [-0.05, 0) is 42.8 Å². The minimum absolute atomic E-state index is 0.00986. The van der Waals surface area contributed by atoms with Gasteiger partial charge in [0.1, 0.15) is 4.90 Å². The van der Waals surface area contributed by atoms with Crippen molar-refractivity contribution in [3.63, 3.8) is 0 Å². The molecule has 0 radical (unpaired) electrons. The van der Waals surface area contributed by atoms with Gasteiger partial charge < -0.3 is 11.1 Å². The van der Waals surface area contributed by atoms with Crippen molar-refractivity contribution in [2.24, 2.45) is 5.14 Å². The van der Waals surface area contributed by atoms with Crippen molar-refractivity contribution >= 4 is 37.3 Å². The van der Waals surface area contributed by atoms with Crippen LogP contribution in [-0.4, -0.2) is 8.42 Å². The molecule has 5 nitrogen and oxygen atoms in total. The third kappa shape index (κ3) is 3.96. The Morgan fingerprint density at radius 1 is 1.19 bits per heavy atom. The fourth-order valence-corrected chi connectivity index (χ4v) is 3.14. The molecule has 2 aromatic carbocycles. The van der Waals surface area contributed by atoms with Crippen LogP contribution >= 0.6 is 15.9 Å². The number of anilines is 2. The predicted molar refractivity (Wildman–Crippen MR) is 88.4 cm³/mol. The molecule has 2 rings (SSSR count). The second-order valence-electron chi connectivity index (χ2n) is 4.72. The molecule has 0 bridgehead atoms. The van der Waals surface area contributed by atoms with Crippen molar-refractivity contribution in [2.45, 2.75) is 17.9 Å². The van der Waals surface area contributed by atoms with Crippen molar-refractivity contribution < 1.29 is 8.42 Å². The first-order valence-electron chi connectivity index (χ1n) is 6.21. The Hall–Kier alpha value is -1.57. The van der Waals surface area contributed by atoms with E-state index in [1.165, 1.54) is 6.07 Å². The van der Waals surface area contributed by atoms with E-state index in [0.29, 0.717) is 11.4 Å². The number of nitrogens with two attached hydrogens (primary N) is 2. The molecule has 1 atom stereocenters. The second-order valence-corrected chi connectivity index (χ2v) is 7.17. The molecule has 2 aromatic rings. The van der Waals surface area contributed by atoms with Crippen LogP contribution in [0.4, 0.5) is 11.4 Å². The topological polar surface area (TPSA) is 98.2 Å². The highest BCUT2D eigenvalue weighted by Crippen LogP contribution is 2.27. The Labute approximate surface area is 132 Å². The fourth-order valence-electron chi connectivity index (χ4n) is 1.99. The van der Waals surface area contributed by atoms with Gasteiger partial charge in [-0.2, -0.15) is 0 Å². The minimum Gasteiger partial charge on any atom is -0.399 e. The molecule has 0 aliphatic carbocycles. The Balaban J connectivity index is 2.36. The monoisotopic (exact) mass is 369 g/mol. The van der Waals surface area contributed by atoms with E-state index < -0.39 is 10.0 Å². The zero-order valence-electron chi connectivity index (χ0n) is 11.4. The van der Waals surface area contributed by atoms with Crippen LogP contribution in [0, 0.1) is 0 Å². The largest absolute Gasteiger partial charge is 0.399 e. The van der Waals surface area contributed by atoms with Crippen LogP contribution < -0.4 is 16.2 Å². The maximum Gasteiger partial charge on any atom is 0.240 e. The molecular formula is C14H16BrN3O2S.